The fourth-order valence-corrected chi connectivity index (χ4v) is 6.27. The predicted molar refractivity (Wildman–Crippen MR) is 141 cm³/mol. The van der Waals surface area contributed by atoms with E-state index in [1.807, 2.05) is 19.9 Å². The van der Waals surface area contributed by atoms with E-state index in [9.17, 15) is 9.90 Å². The number of rotatable bonds is 2. The molecule has 0 unspecified atom stereocenters. The molecule has 3 aliphatic rings. The highest BCUT2D eigenvalue weighted by Gasteiger charge is 2.30. The van der Waals surface area contributed by atoms with Crippen molar-refractivity contribution in [3.05, 3.63) is 76.9 Å². The molecule has 1 aliphatic heterocycles. The Kier molecular flexibility index (Phi) is 6.45. The average molecular weight is 454 g/mol. The molecule has 34 heavy (non-hydrogen) atoms. The van der Waals surface area contributed by atoms with Crippen LogP contribution >= 0.6 is 0 Å². The van der Waals surface area contributed by atoms with Crippen LogP contribution in [0.3, 0.4) is 0 Å². The summed E-state index contributed by atoms with van der Waals surface area (Å²) in [7, 11) is 0. The van der Waals surface area contributed by atoms with E-state index >= 15 is 0 Å². The van der Waals surface area contributed by atoms with Crippen LogP contribution < -0.4 is 0 Å². The second-order valence-corrected chi connectivity index (χ2v) is 9.56. The largest absolute Gasteiger partial charge is 0.478 e. The predicted octanol–water partition coefficient (Wildman–Crippen LogP) is 8.59. The lowest BCUT2D eigenvalue weighted by Crippen LogP contribution is -2.07. The van der Waals surface area contributed by atoms with Crippen molar-refractivity contribution in [1.29, 1.82) is 0 Å². The number of hydrogen-bond acceptors (Lipinski definition) is 1. The minimum atomic E-state index is -0.854. The molecule has 0 spiro atoms. The summed E-state index contributed by atoms with van der Waals surface area (Å²) in [5, 5.41) is 11.0. The fourth-order valence-electron chi connectivity index (χ4n) is 6.27. The molecule has 3 aromatic rings. The minimum absolute atomic E-state index is 0.375. The Labute approximate surface area is 202 Å². The van der Waals surface area contributed by atoms with E-state index in [-0.39, 0.29) is 0 Å². The number of carbonyl (C=O) groups is 1. The fraction of sp³-hybridized carbons (Fsp3) is 0.387. The number of aromatic carboxylic acids is 1. The summed E-state index contributed by atoms with van der Waals surface area (Å²) in [5.74, 6) is -0.308. The second-order valence-electron chi connectivity index (χ2n) is 9.56. The lowest BCUT2D eigenvalue weighted by Gasteiger charge is -2.24. The topological polar surface area (TPSA) is 42.2 Å². The highest BCUT2D eigenvalue weighted by atomic mass is 16.4. The van der Waals surface area contributed by atoms with Gasteiger partial charge in [0.2, 0.25) is 0 Å². The van der Waals surface area contributed by atoms with Crippen LogP contribution in [0.25, 0.3) is 27.7 Å². The van der Waals surface area contributed by atoms with Crippen molar-refractivity contribution >= 4 is 22.4 Å². The summed E-state index contributed by atoms with van der Waals surface area (Å²) in [6.07, 6.45) is 14.1. The summed E-state index contributed by atoms with van der Waals surface area (Å²) >= 11 is 0. The molecule has 0 atom stereocenters. The van der Waals surface area contributed by atoms with Crippen molar-refractivity contribution in [2.24, 2.45) is 0 Å². The van der Waals surface area contributed by atoms with Gasteiger partial charge in [0.05, 0.1) is 11.3 Å². The van der Waals surface area contributed by atoms with Gasteiger partial charge in [-0.1, -0.05) is 75.6 Å². The first-order chi connectivity index (χ1) is 16.7. The maximum Gasteiger partial charge on any atom is 0.335 e. The maximum atomic E-state index is 11.8. The Balaban J connectivity index is 0.00000117. The molecule has 1 N–H and O–H groups in total. The number of allylic oxidation sites excluding steroid dienone is 4. The Hall–Kier alpha value is -3.07. The molecule has 0 saturated heterocycles. The second kappa shape index (κ2) is 9.66. The standard InChI is InChI=1S/C29H29NO2.C2H6/c31-29(32)20-15-16-25-26(17-20)30-18-21-11-5-2-6-12-22(21)23-13-7-8-14-24(23)28(30)27(25)19-9-3-1-4-10-19;1-2/h2,5,7-8,13-17,19H,1,3-4,6,9-12,18H2,(H,31,32);1-2H3. The number of fused-ring (bicyclic) bond motifs is 6. The zero-order valence-electron chi connectivity index (χ0n) is 20.4. The average Bonchev–Trinajstić information content (AvgIpc) is 2.99. The molecule has 2 heterocycles. The maximum absolute atomic E-state index is 11.8. The van der Waals surface area contributed by atoms with E-state index < -0.39 is 5.97 Å². The van der Waals surface area contributed by atoms with Crippen LogP contribution in [-0.2, 0) is 6.54 Å². The van der Waals surface area contributed by atoms with Crippen LogP contribution in [0.1, 0.15) is 92.6 Å². The Morgan fingerprint density at radius 3 is 2.50 bits per heavy atom. The lowest BCUT2D eigenvalue weighted by atomic mass is 9.81. The molecule has 1 fully saturated rings. The summed E-state index contributed by atoms with van der Waals surface area (Å²) in [5.41, 5.74) is 9.91. The lowest BCUT2D eigenvalue weighted by molar-refractivity contribution is 0.0697. The molecule has 176 valence electrons. The van der Waals surface area contributed by atoms with E-state index in [0.717, 1.165) is 31.3 Å². The zero-order valence-corrected chi connectivity index (χ0v) is 20.4. The van der Waals surface area contributed by atoms with Gasteiger partial charge in [-0.05, 0) is 72.4 Å². The molecule has 0 radical (unpaired) electrons. The minimum Gasteiger partial charge on any atom is -0.478 e. The quantitative estimate of drug-likeness (QED) is 0.395. The molecular weight excluding hydrogens is 418 g/mol. The van der Waals surface area contributed by atoms with Crippen LogP contribution in [0.15, 0.2) is 60.2 Å². The summed E-state index contributed by atoms with van der Waals surface area (Å²) in [4.78, 5) is 11.8. The first-order valence-electron chi connectivity index (χ1n) is 13.1. The van der Waals surface area contributed by atoms with E-state index in [0.29, 0.717) is 11.5 Å². The number of aromatic nitrogens is 1. The summed E-state index contributed by atoms with van der Waals surface area (Å²) in [6, 6.07) is 14.7. The smallest absolute Gasteiger partial charge is 0.335 e. The van der Waals surface area contributed by atoms with Crippen molar-refractivity contribution in [3.63, 3.8) is 0 Å². The molecule has 6 rings (SSSR count). The SMILES string of the molecule is CC.O=C(O)c1ccc2c(C3CCCCC3)c3n(c2c1)CC1=C(CCC=CC1)c1ccccc1-3. The van der Waals surface area contributed by atoms with Crippen molar-refractivity contribution in [2.45, 2.75) is 77.7 Å². The van der Waals surface area contributed by atoms with Gasteiger partial charge in [0.15, 0.2) is 0 Å². The first kappa shape index (κ1) is 22.7. The Bertz CT molecular complexity index is 1280. The van der Waals surface area contributed by atoms with E-state index in [1.165, 1.54) is 71.0 Å². The van der Waals surface area contributed by atoms with E-state index in [2.05, 4.69) is 47.1 Å². The van der Waals surface area contributed by atoms with Gasteiger partial charge in [-0.15, -0.1) is 0 Å². The van der Waals surface area contributed by atoms with Gasteiger partial charge in [0.1, 0.15) is 0 Å². The monoisotopic (exact) mass is 453 g/mol. The summed E-state index contributed by atoms with van der Waals surface area (Å²) < 4.78 is 2.45. The molecule has 1 aromatic heterocycles. The molecule has 2 aliphatic carbocycles. The third kappa shape index (κ3) is 3.81. The van der Waals surface area contributed by atoms with Gasteiger partial charge in [0.25, 0.3) is 0 Å². The van der Waals surface area contributed by atoms with Gasteiger partial charge in [-0.3, -0.25) is 0 Å². The van der Waals surface area contributed by atoms with Crippen molar-refractivity contribution in [3.8, 4) is 11.3 Å². The molecule has 3 nitrogen and oxygen atoms in total. The van der Waals surface area contributed by atoms with Crippen molar-refractivity contribution in [1.82, 2.24) is 4.57 Å². The molecule has 0 bridgehead atoms. The number of hydrogen-bond donors (Lipinski definition) is 1. The van der Waals surface area contributed by atoms with Crippen LogP contribution in [-0.4, -0.2) is 15.6 Å². The van der Waals surface area contributed by atoms with Gasteiger partial charge in [0, 0.05) is 23.0 Å². The van der Waals surface area contributed by atoms with Crippen LogP contribution in [0.5, 0.6) is 0 Å². The molecule has 1 saturated carbocycles. The normalized spacial score (nSPS) is 17.7. The Morgan fingerprint density at radius 2 is 1.74 bits per heavy atom. The summed E-state index contributed by atoms with van der Waals surface area (Å²) in [6.45, 7) is 4.84. The third-order valence-corrected chi connectivity index (χ3v) is 7.74. The number of carboxylic acid groups (broad SMARTS) is 1. The van der Waals surface area contributed by atoms with Crippen molar-refractivity contribution in [2.75, 3.05) is 0 Å². The molecule has 3 heteroatoms. The highest BCUT2D eigenvalue weighted by Crippen LogP contribution is 2.48. The van der Waals surface area contributed by atoms with Gasteiger partial charge < -0.3 is 9.67 Å². The van der Waals surface area contributed by atoms with Gasteiger partial charge in [-0.2, -0.15) is 0 Å². The van der Waals surface area contributed by atoms with E-state index in [4.69, 9.17) is 0 Å². The first-order valence-corrected chi connectivity index (χ1v) is 13.1. The molecule has 2 aromatic carbocycles. The van der Waals surface area contributed by atoms with Crippen LogP contribution in [0.4, 0.5) is 0 Å². The van der Waals surface area contributed by atoms with Gasteiger partial charge >= 0.3 is 5.97 Å². The van der Waals surface area contributed by atoms with E-state index in [1.54, 1.807) is 6.07 Å². The molecular formula is C31H35NO2. The highest BCUT2D eigenvalue weighted by molar-refractivity contribution is 6.00. The number of carboxylic acids is 1. The third-order valence-electron chi connectivity index (χ3n) is 7.74. The zero-order chi connectivity index (χ0) is 23.7. The number of benzene rings is 2. The van der Waals surface area contributed by atoms with Crippen LogP contribution in [0.2, 0.25) is 0 Å². The van der Waals surface area contributed by atoms with Gasteiger partial charge in [-0.25, -0.2) is 4.79 Å². The van der Waals surface area contributed by atoms with Crippen molar-refractivity contribution < 1.29 is 9.90 Å². The molecule has 0 amide bonds. The Morgan fingerprint density at radius 1 is 0.971 bits per heavy atom. The number of nitrogens with zero attached hydrogens (tertiary/aromatic N) is 1. The van der Waals surface area contributed by atoms with Crippen LogP contribution in [0, 0.1) is 0 Å².